The van der Waals surface area contributed by atoms with Crippen molar-refractivity contribution in [1.82, 2.24) is 0 Å². The van der Waals surface area contributed by atoms with Gasteiger partial charge < -0.3 is 33.8 Å². The van der Waals surface area contributed by atoms with Gasteiger partial charge in [0.05, 0.1) is 26.4 Å². The van der Waals surface area contributed by atoms with Gasteiger partial charge in [-0.1, -0.05) is 375 Å². The second-order valence-corrected chi connectivity index (χ2v) is 33.0. The lowest BCUT2D eigenvalue weighted by atomic mass is 10.0. The third-order valence-electron chi connectivity index (χ3n) is 19.0. The monoisotopic (exact) mass is 1470 g/mol. The first-order valence-corrected chi connectivity index (χ1v) is 45.0. The summed E-state index contributed by atoms with van der Waals surface area (Å²) in [6, 6.07) is 0. The maximum atomic E-state index is 13.1. The summed E-state index contributed by atoms with van der Waals surface area (Å²) in [5.74, 6) is -0.626. The molecule has 0 spiro atoms. The zero-order chi connectivity index (χ0) is 73.5. The molecule has 19 heteroatoms. The summed E-state index contributed by atoms with van der Waals surface area (Å²) < 4.78 is 68.5. The summed E-state index contributed by atoms with van der Waals surface area (Å²) in [6.45, 7) is 9.53. The highest BCUT2D eigenvalue weighted by Gasteiger charge is 2.30. The zero-order valence-corrected chi connectivity index (χ0v) is 67.3. The van der Waals surface area contributed by atoms with E-state index in [-0.39, 0.29) is 25.7 Å². The number of unbranched alkanes of at least 4 members (excludes halogenated alkanes) is 50. The molecule has 594 valence electrons. The van der Waals surface area contributed by atoms with Gasteiger partial charge in [0.15, 0.2) is 12.2 Å². The smallest absolute Gasteiger partial charge is 0.462 e. The standard InChI is InChI=1S/C81H158O17P2/c1-7-9-11-13-15-17-18-19-20-21-22-23-24-25-30-33-36-39-42-46-53-59-65-80(85)97-76(69-92-79(84)64-58-52-45-41-38-35-32-29-27-26-28-31-34-37-40-43-49-55-61-73(3)4)71-95-99(87,88)93-67-75(82)68-94-100(89,90)96-72-77(70-91-78(83)63-57-51-44-16-14-12-10-8-2)98-81(86)66-60-54-48-47-50-56-62-74(5)6/h73-77,82H,7-72H2,1-6H3,(H,87,88)(H,89,90)/t75-,76-,77-/m1/s1. The van der Waals surface area contributed by atoms with E-state index in [1.807, 2.05) is 0 Å². The van der Waals surface area contributed by atoms with Crippen LogP contribution in [0.25, 0.3) is 0 Å². The predicted octanol–water partition coefficient (Wildman–Crippen LogP) is 24.3. The average molecular weight is 1470 g/mol. The Kier molecular flexibility index (Phi) is 71.2. The molecule has 0 fully saturated rings. The molecule has 0 radical (unpaired) electrons. The quantitative estimate of drug-likeness (QED) is 0.0222. The molecule has 0 aliphatic carbocycles. The van der Waals surface area contributed by atoms with Crippen molar-refractivity contribution in [3.63, 3.8) is 0 Å². The molecule has 100 heavy (non-hydrogen) atoms. The number of phosphoric ester groups is 2. The lowest BCUT2D eigenvalue weighted by molar-refractivity contribution is -0.161. The van der Waals surface area contributed by atoms with Crippen molar-refractivity contribution in [2.45, 2.75) is 445 Å². The number of aliphatic hydroxyl groups is 1. The summed E-state index contributed by atoms with van der Waals surface area (Å²) in [5, 5.41) is 10.6. The van der Waals surface area contributed by atoms with Gasteiger partial charge in [-0.15, -0.1) is 0 Å². The molecule has 17 nitrogen and oxygen atoms in total. The number of hydrogen-bond donors (Lipinski definition) is 3. The number of ether oxygens (including phenoxy) is 4. The molecule has 0 amide bonds. The molecule has 3 N–H and O–H groups in total. The highest BCUT2D eigenvalue weighted by molar-refractivity contribution is 7.47. The lowest BCUT2D eigenvalue weighted by Crippen LogP contribution is -2.30. The van der Waals surface area contributed by atoms with Gasteiger partial charge >= 0.3 is 39.5 Å². The number of rotatable bonds is 80. The van der Waals surface area contributed by atoms with Gasteiger partial charge in [0.2, 0.25) is 0 Å². The minimum Gasteiger partial charge on any atom is -0.462 e. The fraction of sp³-hybridized carbons (Fsp3) is 0.951. The molecule has 0 saturated heterocycles. The van der Waals surface area contributed by atoms with Crippen molar-refractivity contribution in [3.05, 3.63) is 0 Å². The minimum atomic E-state index is -4.96. The third-order valence-corrected chi connectivity index (χ3v) is 20.9. The SMILES string of the molecule is CCCCCCCCCCCCCCCCCCCCCCCCC(=O)O[C@H](COC(=O)CCCCCCCCCCCCCCCCCCCCC(C)C)COP(=O)(O)OC[C@@H](O)COP(=O)(O)OC[C@@H](COC(=O)CCCCCCCCCC)OC(=O)CCCCCCCCC(C)C. The van der Waals surface area contributed by atoms with Crippen LogP contribution in [0.5, 0.6) is 0 Å². The molecule has 0 aromatic rings. The number of esters is 4. The van der Waals surface area contributed by atoms with E-state index in [4.69, 9.17) is 37.0 Å². The van der Waals surface area contributed by atoms with Crippen LogP contribution in [0.3, 0.4) is 0 Å². The van der Waals surface area contributed by atoms with E-state index >= 15 is 0 Å². The largest absolute Gasteiger partial charge is 0.472 e. The van der Waals surface area contributed by atoms with Crippen molar-refractivity contribution in [2.75, 3.05) is 39.6 Å². The van der Waals surface area contributed by atoms with Crippen molar-refractivity contribution in [1.29, 1.82) is 0 Å². The van der Waals surface area contributed by atoms with Gasteiger partial charge in [0, 0.05) is 25.7 Å². The Morgan fingerprint density at radius 3 is 0.680 bits per heavy atom. The number of carbonyl (C=O) groups excluding carboxylic acids is 4. The first-order chi connectivity index (χ1) is 48.4. The van der Waals surface area contributed by atoms with Crippen LogP contribution in [0.4, 0.5) is 0 Å². The fourth-order valence-corrected chi connectivity index (χ4v) is 14.1. The first-order valence-electron chi connectivity index (χ1n) is 42.0. The van der Waals surface area contributed by atoms with Crippen LogP contribution in [0.2, 0.25) is 0 Å². The van der Waals surface area contributed by atoms with Crippen molar-refractivity contribution in [2.24, 2.45) is 11.8 Å². The molecule has 2 unspecified atom stereocenters. The molecule has 0 bridgehead atoms. The van der Waals surface area contributed by atoms with Gasteiger partial charge in [-0.25, -0.2) is 9.13 Å². The van der Waals surface area contributed by atoms with Crippen LogP contribution >= 0.6 is 15.6 Å². The van der Waals surface area contributed by atoms with E-state index in [9.17, 15) is 43.2 Å². The van der Waals surface area contributed by atoms with Crippen LogP contribution in [0, 0.1) is 11.8 Å². The van der Waals surface area contributed by atoms with Crippen molar-refractivity contribution < 1.29 is 80.2 Å². The van der Waals surface area contributed by atoms with Crippen molar-refractivity contribution >= 4 is 39.5 Å². The number of carbonyl (C=O) groups is 4. The maximum Gasteiger partial charge on any atom is 0.472 e. The van der Waals surface area contributed by atoms with Gasteiger partial charge in [-0.3, -0.25) is 37.3 Å². The molecule has 0 aromatic heterocycles. The van der Waals surface area contributed by atoms with E-state index in [0.29, 0.717) is 31.6 Å². The number of aliphatic hydroxyl groups excluding tert-OH is 1. The van der Waals surface area contributed by atoms with E-state index in [0.717, 1.165) is 102 Å². The molecular formula is C81H158O17P2. The highest BCUT2D eigenvalue weighted by atomic mass is 31.2. The van der Waals surface area contributed by atoms with E-state index in [1.165, 1.54) is 238 Å². The summed E-state index contributed by atoms with van der Waals surface area (Å²) >= 11 is 0. The van der Waals surface area contributed by atoms with Crippen LogP contribution in [0.1, 0.15) is 427 Å². The summed E-state index contributed by atoms with van der Waals surface area (Å²) in [5.41, 5.74) is 0. The van der Waals surface area contributed by atoms with E-state index in [2.05, 4.69) is 41.5 Å². The molecule has 0 heterocycles. The molecule has 0 aliphatic heterocycles. The fourth-order valence-electron chi connectivity index (χ4n) is 12.5. The topological polar surface area (TPSA) is 237 Å². The normalized spacial score (nSPS) is 13.9. The minimum absolute atomic E-state index is 0.102. The number of phosphoric acid groups is 2. The van der Waals surface area contributed by atoms with Gasteiger partial charge in [0.25, 0.3) is 0 Å². The zero-order valence-electron chi connectivity index (χ0n) is 65.5. The maximum absolute atomic E-state index is 13.1. The Balaban J connectivity index is 5.13. The Bertz CT molecular complexity index is 1920. The second kappa shape index (κ2) is 72.6. The van der Waals surface area contributed by atoms with Crippen LogP contribution < -0.4 is 0 Å². The van der Waals surface area contributed by atoms with E-state index < -0.39 is 97.5 Å². The molecule has 5 atom stereocenters. The molecule has 0 rings (SSSR count). The first kappa shape index (κ1) is 98.1. The molecule has 0 aliphatic rings. The Labute approximate surface area is 613 Å². The highest BCUT2D eigenvalue weighted by Crippen LogP contribution is 2.45. The van der Waals surface area contributed by atoms with Crippen LogP contribution in [-0.4, -0.2) is 96.7 Å². The second-order valence-electron chi connectivity index (χ2n) is 30.1. The molecule has 0 saturated carbocycles. The van der Waals surface area contributed by atoms with Crippen LogP contribution in [0.15, 0.2) is 0 Å². The van der Waals surface area contributed by atoms with Gasteiger partial charge in [-0.2, -0.15) is 0 Å². The Hall–Kier alpha value is -1.94. The predicted molar refractivity (Wildman–Crippen MR) is 409 cm³/mol. The Morgan fingerprint density at radius 2 is 0.460 bits per heavy atom. The Morgan fingerprint density at radius 1 is 0.270 bits per heavy atom. The number of hydrogen-bond acceptors (Lipinski definition) is 15. The molecule has 0 aromatic carbocycles. The van der Waals surface area contributed by atoms with Gasteiger partial charge in [0.1, 0.15) is 19.3 Å². The summed E-state index contributed by atoms with van der Waals surface area (Å²) in [4.78, 5) is 72.8. The lowest BCUT2D eigenvalue weighted by Gasteiger charge is -2.21. The molecular weight excluding hydrogens is 1310 g/mol. The van der Waals surface area contributed by atoms with Crippen LogP contribution in [-0.2, 0) is 65.4 Å². The summed E-state index contributed by atoms with van der Waals surface area (Å²) in [6.07, 6.45) is 63.1. The average Bonchev–Trinajstić information content (AvgIpc) is 0.916. The summed E-state index contributed by atoms with van der Waals surface area (Å²) in [7, 11) is -9.91. The van der Waals surface area contributed by atoms with Crippen molar-refractivity contribution in [3.8, 4) is 0 Å². The third kappa shape index (κ3) is 74.3. The van der Waals surface area contributed by atoms with E-state index in [1.54, 1.807) is 0 Å². The van der Waals surface area contributed by atoms with Gasteiger partial charge in [-0.05, 0) is 37.5 Å².